The number of carbonyl (C=O) groups excluding carboxylic acids is 1. The summed E-state index contributed by atoms with van der Waals surface area (Å²) in [6, 6.07) is 13.5. The Balaban J connectivity index is 1.59. The summed E-state index contributed by atoms with van der Waals surface area (Å²) in [5.74, 6) is 2.23. The maximum atomic E-state index is 13.0. The number of hydrogen-bond donors (Lipinski definition) is 0. The van der Waals surface area contributed by atoms with Crippen molar-refractivity contribution < 1.29 is 9.53 Å². The third kappa shape index (κ3) is 3.42. The van der Waals surface area contributed by atoms with Crippen molar-refractivity contribution in [3.63, 3.8) is 0 Å². The fourth-order valence-corrected chi connectivity index (χ4v) is 3.58. The predicted molar refractivity (Wildman–Crippen MR) is 107 cm³/mol. The molecule has 2 aromatic rings. The average Bonchev–Trinajstić information content (AvgIpc) is 3.10. The molecule has 0 radical (unpaired) electrons. The van der Waals surface area contributed by atoms with E-state index in [1.807, 2.05) is 42.5 Å². The number of urea groups is 1. The van der Waals surface area contributed by atoms with E-state index in [4.69, 9.17) is 9.72 Å². The summed E-state index contributed by atoms with van der Waals surface area (Å²) in [5.41, 5.74) is 0.915. The number of ether oxygens (including phenoxy) is 1. The molecule has 4 rings (SSSR count). The van der Waals surface area contributed by atoms with Gasteiger partial charge in [-0.2, -0.15) is 0 Å². The van der Waals surface area contributed by atoms with Gasteiger partial charge in [0, 0.05) is 45.0 Å². The minimum atomic E-state index is -0.0387. The summed E-state index contributed by atoms with van der Waals surface area (Å²) in [6.45, 7) is 5.04. The smallest absolute Gasteiger partial charge is 0.330 e. The largest absolute Gasteiger partial charge is 0.493 e. The number of methoxy groups -OCH3 is 1. The van der Waals surface area contributed by atoms with E-state index in [2.05, 4.69) is 16.8 Å². The Morgan fingerprint density at radius 1 is 0.889 bits per heavy atom. The number of hydrogen-bond acceptors (Lipinski definition) is 5. The van der Waals surface area contributed by atoms with Gasteiger partial charge in [-0.1, -0.05) is 18.2 Å². The average molecular weight is 367 g/mol. The van der Waals surface area contributed by atoms with E-state index in [1.165, 1.54) is 0 Å². The van der Waals surface area contributed by atoms with Gasteiger partial charge in [-0.3, -0.25) is 9.80 Å². The molecule has 2 saturated heterocycles. The molecule has 0 unspecified atom stereocenters. The van der Waals surface area contributed by atoms with Crippen LogP contribution in [0.4, 0.5) is 22.1 Å². The van der Waals surface area contributed by atoms with Crippen LogP contribution in [0.2, 0.25) is 0 Å². The maximum Gasteiger partial charge on any atom is 0.330 e. The Kier molecular flexibility index (Phi) is 4.85. The molecule has 7 nitrogen and oxygen atoms in total. The van der Waals surface area contributed by atoms with Crippen LogP contribution in [0, 0.1) is 0 Å². The maximum absolute atomic E-state index is 13.0. The number of rotatable bonds is 4. The molecule has 0 N–H and O–H groups in total. The van der Waals surface area contributed by atoms with Gasteiger partial charge >= 0.3 is 6.03 Å². The Bertz CT molecular complexity index is 805. The Morgan fingerprint density at radius 2 is 1.59 bits per heavy atom. The summed E-state index contributed by atoms with van der Waals surface area (Å²) in [4.78, 5) is 25.8. The highest BCUT2D eigenvalue weighted by Gasteiger charge is 2.32. The molecule has 2 fully saturated rings. The van der Waals surface area contributed by atoms with E-state index in [-0.39, 0.29) is 6.03 Å². The van der Waals surface area contributed by atoms with Crippen molar-refractivity contribution in [2.75, 3.05) is 68.1 Å². The van der Waals surface area contributed by atoms with E-state index in [1.54, 1.807) is 16.9 Å². The lowest BCUT2D eigenvalue weighted by Crippen LogP contribution is -2.45. The molecule has 2 amide bonds. The second kappa shape index (κ2) is 7.44. The van der Waals surface area contributed by atoms with Gasteiger partial charge in [0.1, 0.15) is 5.82 Å². The van der Waals surface area contributed by atoms with Crippen molar-refractivity contribution in [3.8, 4) is 5.75 Å². The minimum absolute atomic E-state index is 0.0387. The summed E-state index contributed by atoms with van der Waals surface area (Å²) >= 11 is 0. The topological polar surface area (TPSA) is 52.2 Å². The normalized spacial score (nSPS) is 18.3. The molecule has 0 atom stereocenters. The highest BCUT2D eigenvalue weighted by Crippen LogP contribution is 2.31. The minimum Gasteiger partial charge on any atom is -0.493 e. The van der Waals surface area contributed by atoms with E-state index in [0.29, 0.717) is 18.9 Å². The standard InChI is InChI=1S/C20H25N5O2/c1-22-10-12-23(13-11-22)19-17(27-2)8-9-18(21-19)25-15-14-24(20(25)26)16-6-4-3-5-7-16/h3-9H,10-15H2,1-2H3. The second-order valence-corrected chi connectivity index (χ2v) is 6.91. The number of amides is 2. The molecule has 2 aliphatic rings. The van der Waals surface area contributed by atoms with Crippen molar-refractivity contribution in [1.29, 1.82) is 0 Å². The van der Waals surface area contributed by atoms with Gasteiger partial charge in [-0.15, -0.1) is 0 Å². The summed E-state index contributed by atoms with van der Waals surface area (Å²) in [5, 5.41) is 0. The second-order valence-electron chi connectivity index (χ2n) is 6.91. The predicted octanol–water partition coefficient (Wildman–Crippen LogP) is 2.29. The Morgan fingerprint density at radius 3 is 2.30 bits per heavy atom. The molecule has 0 spiro atoms. The molecule has 1 aromatic carbocycles. The number of anilines is 3. The third-order valence-electron chi connectivity index (χ3n) is 5.20. The van der Waals surface area contributed by atoms with Crippen LogP contribution in [0.25, 0.3) is 0 Å². The summed E-state index contributed by atoms with van der Waals surface area (Å²) in [6.07, 6.45) is 0. The Hall–Kier alpha value is -2.80. The molecular formula is C20H25N5O2. The number of pyridine rings is 1. The number of likely N-dealkylation sites (N-methyl/N-ethyl adjacent to an activating group) is 1. The molecule has 27 heavy (non-hydrogen) atoms. The highest BCUT2D eigenvalue weighted by molar-refractivity contribution is 6.05. The van der Waals surface area contributed by atoms with Gasteiger partial charge in [-0.05, 0) is 31.3 Å². The van der Waals surface area contributed by atoms with Gasteiger partial charge in [-0.25, -0.2) is 9.78 Å². The quantitative estimate of drug-likeness (QED) is 0.830. The number of para-hydroxylation sites is 1. The van der Waals surface area contributed by atoms with Crippen molar-refractivity contribution >= 4 is 23.4 Å². The zero-order valence-corrected chi connectivity index (χ0v) is 15.8. The highest BCUT2D eigenvalue weighted by atomic mass is 16.5. The fraction of sp³-hybridized carbons (Fsp3) is 0.400. The van der Waals surface area contributed by atoms with Crippen molar-refractivity contribution in [1.82, 2.24) is 9.88 Å². The molecule has 142 valence electrons. The van der Waals surface area contributed by atoms with Crippen LogP contribution in [-0.4, -0.2) is 69.3 Å². The number of piperazine rings is 1. The first-order valence-corrected chi connectivity index (χ1v) is 9.30. The molecule has 0 bridgehead atoms. The van der Waals surface area contributed by atoms with Crippen LogP contribution in [0.3, 0.4) is 0 Å². The van der Waals surface area contributed by atoms with E-state index in [0.717, 1.165) is 43.4 Å². The van der Waals surface area contributed by atoms with Crippen molar-refractivity contribution in [2.45, 2.75) is 0 Å². The first-order chi connectivity index (χ1) is 13.2. The third-order valence-corrected chi connectivity index (χ3v) is 5.20. The molecule has 2 aliphatic heterocycles. The lowest BCUT2D eigenvalue weighted by Gasteiger charge is -2.34. The fourth-order valence-electron chi connectivity index (χ4n) is 3.58. The van der Waals surface area contributed by atoms with Crippen LogP contribution in [-0.2, 0) is 0 Å². The summed E-state index contributed by atoms with van der Waals surface area (Å²) < 4.78 is 5.53. The molecule has 3 heterocycles. The van der Waals surface area contributed by atoms with Crippen molar-refractivity contribution in [3.05, 3.63) is 42.5 Å². The zero-order chi connectivity index (χ0) is 18.8. The zero-order valence-electron chi connectivity index (χ0n) is 15.8. The number of aromatic nitrogens is 1. The van der Waals surface area contributed by atoms with E-state index < -0.39 is 0 Å². The van der Waals surface area contributed by atoms with Crippen molar-refractivity contribution in [2.24, 2.45) is 0 Å². The molecule has 0 saturated carbocycles. The van der Waals surface area contributed by atoms with Crippen LogP contribution in [0.5, 0.6) is 5.75 Å². The monoisotopic (exact) mass is 367 g/mol. The molecule has 7 heteroatoms. The van der Waals surface area contributed by atoms with Crippen LogP contribution < -0.4 is 19.4 Å². The summed E-state index contributed by atoms with van der Waals surface area (Å²) in [7, 11) is 3.79. The molecule has 1 aromatic heterocycles. The molecular weight excluding hydrogens is 342 g/mol. The van der Waals surface area contributed by atoms with Gasteiger partial charge < -0.3 is 14.5 Å². The van der Waals surface area contributed by atoms with E-state index >= 15 is 0 Å². The number of carbonyl (C=O) groups is 1. The van der Waals surface area contributed by atoms with Gasteiger partial charge in [0.05, 0.1) is 7.11 Å². The van der Waals surface area contributed by atoms with Crippen LogP contribution in [0.15, 0.2) is 42.5 Å². The van der Waals surface area contributed by atoms with Gasteiger partial charge in [0.15, 0.2) is 11.6 Å². The number of benzene rings is 1. The Labute approximate surface area is 159 Å². The molecule has 0 aliphatic carbocycles. The van der Waals surface area contributed by atoms with Crippen LogP contribution in [0.1, 0.15) is 0 Å². The van der Waals surface area contributed by atoms with E-state index in [9.17, 15) is 4.79 Å². The number of nitrogens with zero attached hydrogens (tertiary/aromatic N) is 5. The first kappa shape index (κ1) is 17.6. The van der Waals surface area contributed by atoms with Gasteiger partial charge in [0.25, 0.3) is 0 Å². The lowest BCUT2D eigenvalue weighted by molar-refractivity contribution is 0.255. The lowest BCUT2D eigenvalue weighted by atomic mass is 10.3. The van der Waals surface area contributed by atoms with Gasteiger partial charge in [0.2, 0.25) is 0 Å². The van der Waals surface area contributed by atoms with Crippen LogP contribution >= 0.6 is 0 Å². The SMILES string of the molecule is COc1ccc(N2CCN(c3ccccc3)C2=O)nc1N1CCN(C)CC1. The first-order valence-electron chi connectivity index (χ1n) is 9.30.